The van der Waals surface area contributed by atoms with Crippen LogP contribution in [-0.4, -0.2) is 11.0 Å². The molecule has 0 amide bonds. The van der Waals surface area contributed by atoms with Crippen molar-refractivity contribution in [1.82, 2.24) is 4.98 Å². The van der Waals surface area contributed by atoms with Gasteiger partial charge in [-0.15, -0.1) is 11.3 Å². The van der Waals surface area contributed by atoms with Crippen LogP contribution in [0.3, 0.4) is 0 Å². The van der Waals surface area contributed by atoms with E-state index in [0.29, 0.717) is 6.04 Å². The van der Waals surface area contributed by atoms with E-state index < -0.39 is 0 Å². The lowest BCUT2D eigenvalue weighted by molar-refractivity contribution is 0.578. The molecule has 1 unspecified atom stereocenters. The molecule has 1 aromatic carbocycles. The van der Waals surface area contributed by atoms with Crippen LogP contribution in [0.5, 0.6) is 0 Å². The molecule has 0 radical (unpaired) electrons. The zero-order valence-corrected chi connectivity index (χ0v) is 11.9. The minimum absolute atomic E-state index is 0.668. The Bertz CT molecular complexity index is 542. The van der Waals surface area contributed by atoms with E-state index in [2.05, 4.69) is 42.3 Å². The number of hydrogen-bond acceptors (Lipinski definition) is 3. The van der Waals surface area contributed by atoms with Gasteiger partial charge in [-0.25, -0.2) is 4.98 Å². The van der Waals surface area contributed by atoms with Gasteiger partial charge in [-0.1, -0.05) is 13.3 Å². The monoisotopic (exact) mass is 260 g/mol. The third-order valence-electron chi connectivity index (χ3n) is 3.64. The van der Waals surface area contributed by atoms with Crippen molar-refractivity contribution < 1.29 is 0 Å². The molecular weight excluding hydrogens is 240 g/mol. The molecule has 1 aliphatic rings. The number of thiazole rings is 1. The number of rotatable bonds is 5. The Kier molecular flexibility index (Phi) is 3.25. The number of nitrogens with zero attached hydrogens (tertiary/aromatic N) is 1. The van der Waals surface area contributed by atoms with Crippen LogP contribution in [0.1, 0.15) is 37.6 Å². The highest BCUT2D eigenvalue weighted by molar-refractivity contribution is 7.18. The standard InChI is InChI=1S/C15H20N2S/c1-3-4-13(11-5-6-11)17-12-7-8-14-15(9-12)18-10(2)16-14/h7-9,11,13,17H,3-6H2,1-2H3. The lowest BCUT2D eigenvalue weighted by Gasteiger charge is -2.18. The Morgan fingerprint density at radius 2 is 2.28 bits per heavy atom. The van der Waals surface area contributed by atoms with E-state index >= 15 is 0 Å². The summed E-state index contributed by atoms with van der Waals surface area (Å²) in [4.78, 5) is 4.51. The number of fused-ring (bicyclic) bond motifs is 1. The molecule has 1 saturated carbocycles. The van der Waals surface area contributed by atoms with Crippen molar-refractivity contribution in [2.45, 2.75) is 45.6 Å². The van der Waals surface area contributed by atoms with Gasteiger partial charge in [0, 0.05) is 11.7 Å². The van der Waals surface area contributed by atoms with E-state index in [1.807, 2.05) is 0 Å². The van der Waals surface area contributed by atoms with E-state index in [0.717, 1.165) is 16.4 Å². The van der Waals surface area contributed by atoms with Crippen molar-refractivity contribution in [3.63, 3.8) is 0 Å². The molecule has 1 aliphatic carbocycles. The quantitative estimate of drug-likeness (QED) is 0.850. The Labute approximate surface area is 112 Å². The minimum Gasteiger partial charge on any atom is -0.382 e. The molecular formula is C15H20N2S. The first-order chi connectivity index (χ1) is 8.76. The average molecular weight is 260 g/mol. The number of aryl methyl sites for hydroxylation is 1. The van der Waals surface area contributed by atoms with Crippen LogP contribution < -0.4 is 5.32 Å². The lowest BCUT2D eigenvalue weighted by atomic mass is 10.1. The van der Waals surface area contributed by atoms with Crippen molar-refractivity contribution in [3.05, 3.63) is 23.2 Å². The summed E-state index contributed by atoms with van der Waals surface area (Å²) in [6, 6.07) is 7.23. The molecule has 3 rings (SSSR count). The molecule has 0 spiro atoms. The maximum atomic E-state index is 4.51. The van der Waals surface area contributed by atoms with Gasteiger partial charge < -0.3 is 5.32 Å². The number of anilines is 1. The normalized spacial score (nSPS) is 17.0. The van der Waals surface area contributed by atoms with Crippen LogP contribution >= 0.6 is 11.3 Å². The summed E-state index contributed by atoms with van der Waals surface area (Å²) in [6.45, 7) is 4.34. The molecule has 1 atom stereocenters. The smallest absolute Gasteiger partial charge is 0.0907 e. The number of hydrogen-bond donors (Lipinski definition) is 1. The molecule has 0 aliphatic heterocycles. The number of aromatic nitrogens is 1. The summed E-state index contributed by atoms with van der Waals surface area (Å²) >= 11 is 1.78. The Morgan fingerprint density at radius 3 is 3.00 bits per heavy atom. The SMILES string of the molecule is CCCC(Nc1ccc2nc(C)sc2c1)C1CC1. The topological polar surface area (TPSA) is 24.9 Å². The predicted octanol–water partition coefficient (Wildman–Crippen LogP) is 4.60. The molecule has 0 saturated heterocycles. The van der Waals surface area contributed by atoms with Gasteiger partial charge in [-0.05, 0) is 50.3 Å². The molecule has 1 fully saturated rings. The van der Waals surface area contributed by atoms with Crippen LogP contribution in [0.15, 0.2) is 18.2 Å². The lowest BCUT2D eigenvalue weighted by Crippen LogP contribution is -2.21. The van der Waals surface area contributed by atoms with Crippen LogP contribution in [0.2, 0.25) is 0 Å². The third kappa shape index (κ3) is 2.51. The first-order valence-electron chi connectivity index (χ1n) is 6.90. The molecule has 0 bridgehead atoms. The number of nitrogens with one attached hydrogen (secondary N) is 1. The maximum Gasteiger partial charge on any atom is 0.0907 e. The van der Waals surface area contributed by atoms with E-state index in [-0.39, 0.29) is 0 Å². The second-order valence-corrected chi connectivity index (χ2v) is 6.53. The first kappa shape index (κ1) is 12.0. The zero-order chi connectivity index (χ0) is 12.5. The molecule has 18 heavy (non-hydrogen) atoms. The van der Waals surface area contributed by atoms with Gasteiger partial charge >= 0.3 is 0 Å². The molecule has 96 valence electrons. The highest BCUT2D eigenvalue weighted by Gasteiger charge is 2.30. The van der Waals surface area contributed by atoms with E-state index in [1.165, 1.54) is 36.1 Å². The largest absolute Gasteiger partial charge is 0.382 e. The van der Waals surface area contributed by atoms with Gasteiger partial charge in [0.05, 0.1) is 15.2 Å². The van der Waals surface area contributed by atoms with Gasteiger partial charge in [-0.2, -0.15) is 0 Å². The van der Waals surface area contributed by atoms with Crippen LogP contribution in [0.25, 0.3) is 10.2 Å². The van der Waals surface area contributed by atoms with Crippen molar-refractivity contribution in [3.8, 4) is 0 Å². The van der Waals surface area contributed by atoms with E-state index in [1.54, 1.807) is 11.3 Å². The number of benzene rings is 1. The summed E-state index contributed by atoms with van der Waals surface area (Å²) in [5, 5.41) is 4.87. The highest BCUT2D eigenvalue weighted by Crippen LogP contribution is 2.36. The summed E-state index contributed by atoms with van der Waals surface area (Å²) in [5.74, 6) is 0.906. The molecule has 3 heteroatoms. The summed E-state index contributed by atoms with van der Waals surface area (Å²) < 4.78 is 1.29. The third-order valence-corrected chi connectivity index (χ3v) is 4.57. The van der Waals surface area contributed by atoms with Crippen molar-refractivity contribution in [2.24, 2.45) is 5.92 Å². The fourth-order valence-electron chi connectivity index (χ4n) is 2.58. The highest BCUT2D eigenvalue weighted by atomic mass is 32.1. The van der Waals surface area contributed by atoms with Crippen LogP contribution in [0, 0.1) is 12.8 Å². The van der Waals surface area contributed by atoms with Crippen molar-refractivity contribution >= 4 is 27.2 Å². The van der Waals surface area contributed by atoms with Gasteiger partial charge in [0.15, 0.2) is 0 Å². The van der Waals surface area contributed by atoms with Gasteiger partial charge in [0.1, 0.15) is 0 Å². The van der Waals surface area contributed by atoms with Gasteiger partial charge in [-0.3, -0.25) is 0 Å². The van der Waals surface area contributed by atoms with Crippen LogP contribution in [0.4, 0.5) is 5.69 Å². The Hall–Kier alpha value is -1.09. The summed E-state index contributed by atoms with van der Waals surface area (Å²) in [6.07, 6.45) is 5.35. The van der Waals surface area contributed by atoms with Crippen molar-refractivity contribution in [2.75, 3.05) is 5.32 Å². The predicted molar refractivity (Wildman–Crippen MR) is 79.4 cm³/mol. The van der Waals surface area contributed by atoms with E-state index in [9.17, 15) is 0 Å². The fraction of sp³-hybridized carbons (Fsp3) is 0.533. The fourth-order valence-corrected chi connectivity index (χ4v) is 3.45. The Morgan fingerprint density at radius 1 is 1.44 bits per heavy atom. The second kappa shape index (κ2) is 4.88. The Balaban J connectivity index is 1.80. The van der Waals surface area contributed by atoms with Crippen molar-refractivity contribution in [1.29, 1.82) is 0 Å². The maximum absolute atomic E-state index is 4.51. The summed E-state index contributed by atoms with van der Waals surface area (Å²) in [7, 11) is 0. The minimum atomic E-state index is 0.668. The van der Waals surface area contributed by atoms with E-state index in [4.69, 9.17) is 0 Å². The van der Waals surface area contributed by atoms with Gasteiger partial charge in [0.2, 0.25) is 0 Å². The average Bonchev–Trinajstić information content (AvgIpc) is 3.11. The molecule has 1 heterocycles. The molecule has 2 nitrogen and oxygen atoms in total. The zero-order valence-electron chi connectivity index (χ0n) is 11.1. The molecule has 1 aromatic heterocycles. The molecule has 2 aromatic rings. The molecule has 1 N–H and O–H groups in total. The van der Waals surface area contributed by atoms with Gasteiger partial charge in [0.25, 0.3) is 0 Å². The van der Waals surface area contributed by atoms with Crippen LogP contribution in [-0.2, 0) is 0 Å². The summed E-state index contributed by atoms with van der Waals surface area (Å²) in [5.41, 5.74) is 2.39. The first-order valence-corrected chi connectivity index (χ1v) is 7.71. The second-order valence-electron chi connectivity index (χ2n) is 5.29.